The molecule has 0 saturated carbocycles. The normalized spacial score (nSPS) is 10.9. The van der Waals surface area contributed by atoms with E-state index < -0.39 is 10.8 Å². The van der Waals surface area contributed by atoms with Gasteiger partial charge >= 0.3 is 0 Å². The van der Waals surface area contributed by atoms with Crippen LogP contribution >= 0.6 is 15.9 Å². The second-order valence-electron chi connectivity index (χ2n) is 5.57. The number of nitro groups is 1. The Bertz CT molecular complexity index is 981. The van der Waals surface area contributed by atoms with Crippen molar-refractivity contribution in [2.75, 3.05) is 0 Å². The molecule has 3 rings (SSSR count). The van der Waals surface area contributed by atoms with E-state index in [0.717, 1.165) is 15.6 Å². The molecule has 9 heteroatoms. The summed E-state index contributed by atoms with van der Waals surface area (Å²) in [4.78, 5) is 22.3. The Kier molecular flexibility index (Phi) is 5.72. The fourth-order valence-corrected chi connectivity index (χ4v) is 2.52. The van der Waals surface area contributed by atoms with Crippen molar-refractivity contribution in [3.8, 4) is 0 Å². The molecule has 0 unspecified atom stereocenters. The molecule has 1 aromatic heterocycles. The molecule has 0 fully saturated rings. The van der Waals surface area contributed by atoms with Crippen LogP contribution in [0, 0.1) is 10.1 Å². The molecule has 0 aliphatic rings. The highest BCUT2D eigenvalue weighted by Crippen LogP contribution is 2.13. The molecule has 0 aliphatic heterocycles. The average molecular weight is 428 g/mol. The van der Waals surface area contributed by atoms with Gasteiger partial charge in [-0.3, -0.25) is 19.6 Å². The first-order chi connectivity index (χ1) is 13.0. The lowest BCUT2D eigenvalue weighted by Crippen LogP contribution is -2.18. The van der Waals surface area contributed by atoms with Crippen LogP contribution in [0.2, 0.25) is 0 Å². The van der Waals surface area contributed by atoms with Crippen molar-refractivity contribution in [1.82, 2.24) is 15.2 Å². The quantitative estimate of drug-likeness (QED) is 0.370. The van der Waals surface area contributed by atoms with Crippen LogP contribution in [0.1, 0.15) is 21.6 Å². The number of carbonyl (C=O) groups is 1. The second kappa shape index (κ2) is 8.37. The Balaban J connectivity index is 1.58. The van der Waals surface area contributed by atoms with Crippen molar-refractivity contribution in [2.45, 2.75) is 6.54 Å². The van der Waals surface area contributed by atoms with Crippen LogP contribution in [0.15, 0.2) is 70.4 Å². The zero-order valence-electron chi connectivity index (χ0n) is 13.9. The van der Waals surface area contributed by atoms with Crippen molar-refractivity contribution in [2.24, 2.45) is 5.10 Å². The third-order valence-electron chi connectivity index (χ3n) is 3.61. The van der Waals surface area contributed by atoms with Gasteiger partial charge in [0.05, 0.1) is 17.7 Å². The number of hydrazone groups is 1. The molecular weight excluding hydrogens is 414 g/mol. The maximum atomic E-state index is 12.1. The molecule has 2 aromatic carbocycles. The highest BCUT2D eigenvalue weighted by atomic mass is 79.9. The number of carbonyl (C=O) groups excluding carboxylic acids is 1. The number of nitro benzene ring substituents is 1. The summed E-state index contributed by atoms with van der Waals surface area (Å²) in [6, 6.07) is 15.2. The first-order valence-electron chi connectivity index (χ1n) is 7.87. The summed E-state index contributed by atoms with van der Waals surface area (Å²) in [5.74, 6) is -0.425. The molecule has 27 heavy (non-hydrogen) atoms. The molecule has 1 heterocycles. The van der Waals surface area contributed by atoms with Gasteiger partial charge in [-0.1, -0.05) is 40.2 Å². The highest BCUT2D eigenvalue weighted by molar-refractivity contribution is 9.10. The van der Waals surface area contributed by atoms with Gasteiger partial charge in [0.25, 0.3) is 11.6 Å². The molecule has 0 bridgehead atoms. The molecule has 8 nitrogen and oxygen atoms in total. The fraction of sp³-hybridized carbons (Fsp3) is 0.0556. The van der Waals surface area contributed by atoms with E-state index >= 15 is 0 Å². The number of non-ortho nitro benzene ring substituents is 1. The Morgan fingerprint density at radius 2 is 1.89 bits per heavy atom. The molecular formula is C18H14BrN5O3. The van der Waals surface area contributed by atoms with Gasteiger partial charge in [-0.05, 0) is 29.3 Å². The molecule has 0 saturated heterocycles. The van der Waals surface area contributed by atoms with Crippen molar-refractivity contribution in [3.63, 3.8) is 0 Å². The lowest BCUT2D eigenvalue weighted by molar-refractivity contribution is -0.384. The predicted octanol–water partition coefficient (Wildman–Crippen LogP) is 3.37. The standard InChI is InChI=1S/C18H14BrN5O3/c19-15-5-1-13(2-6-15)11-20-21-18(25)17-9-10-23(22-17)12-14-3-7-16(8-4-14)24(26)27/h1-11H,12H2,(H,21,25)/b20-11+. The summed E-state index contributed by atoms with van der Waals surface area (Å²) in [5, 5.41) is 18.8. The van der Waals surface area contributed by atoms with Gasteiger partial charge in [-0.15, -0.1) is 0 Å². The average Bonchev–Trinajstić information content (AvgIpc) is 3.12. The first-order valence-corrected chi connectivity index (χ1v) is 8.66. The van der Waals surface area contributed by atoms with Crippen molar-refractivity contribution >= 4 is 33.7 Å². The van der Waals surface area contributed by atoms with E-state index in [2.05, 4.69) is 31.6 Å². The maximum Gasteiger partial charge on any atom is 0.291 e. The minimum Gasteiger partial charge on any atom is -0.268 e. The van der Waals surface area contributed by atoms with Crippen LogP contribution in [0.25, 0.3) is 0 Å². The number of aromatic nitrogens is 2. The number of halogens is 1. The van der Waals surface area contributed by atoms with E-state index in [9.17, 15) is 14.9 Å². The van der Waals surface area contributed by atoms with Crippen LogP contribution in [0.4, 0.5) is 5.69 Å². The van der Waals surface area contributed by atoms with E-state index in [0.29, 0.717) is 6.54 Å². The van der Waals surface area contributed by atoms with Gasteiger partial charge in [-0.25, -0.2) is 5.43 Å². The Labute approximate surface area is 162 Å². The number of amides is 1. The summed E-state index contributed by atoms with van der Waals surface area (Å²) < 4.78 is 2.54. The van der Waals surface area contributed by atoms with Gasteiger partial charge < -0.3 is 0 Å². The summed E-state index contributed by atoms with van der Waals surface area (Å²) >= 11 is 3.35. The largest absolute Gasteiger partial charge is 0.291 e. The molecule has 1 N–H and O–H groups in total. The number of hydrogen-bond donors (Lipinski definition) is 1. The van der Waals surface area contributed by atoms with Crippen LogP contribution in [-0.2, 0) is 6.54 Å². The monoisotopic (exact) mass is 427 g/mol. The van der Waals surface area contributed by atoms with Crippen LogP contribution in [0.5, 0.6) is 0 Å². The van der Waals surface area contributed by atoms with E-state index in [4.69, 9.17) is 0 Å². The van der Waals surface area contributed by atoms with E-state index in [1.807, 2.05) is 24.3 Å². The minimum atomic E-state index is -0.449. The Morgan fingerprint density at radius 1 is 1.19 bits per heavy atom. The molecule has 0 atom stereocenters. The highest BCUT2D eigenvalue weighted by Gasteiger charge is 2.09. The predicted molar refractivity (Wildman–Crippen MR) is 104 cm³/mol. The van der Waals surface area contributed by atoms with Gasteiger partial charge in [0.15, 0.2) is 5.69 Å². The summed E-state index contributed by atoms with van der Waals surface area (Å²) in [5.41, 5.74) is 4.37. The number of benzene rings is 2. The van der Waals surface area contributed by atoms with Crippen LogP contribution in [0.3, 0.4) is 0 Å². The van der Waals surface area contributed by atoms with Crippen LogP contribution < -0.4 is 5.43 Å². The molecule has 3 aromatic rings. The zero-order valence-corrected chi connectivity index (χ0v) is 15.5. The molecule has 1 amide bonds. The topological polar surface area (TPSA) is 102 Å². The number of rotatable bonds is 6. The van der Waals surface area contributed by atoms with Crippen molar-refractivity contribution in [1.29, 1.82) is 0 Å². The zero-order chi connectivity index (χ0) is 19.2. The van der Waals surface area contributed by atoms with Crippen LogP contribution in [-0.4, -0.2) is 26.8 Å². The lowest BCUT2D eigenvalue weighted by atomic mass is 10.2. The van der Waals surface area contributed by atoms with E-state index in [1.165, 1.54) is 18.3 Å². The van der Waals surface area contributed by atoms with E-state index in [1.54, 1.807) is 29.1 Å². The van der Waals surface area contributed by atoms with Crippen molar-refractivity contribution in [3.05, 3.63) is 92.2 Å². The van der Waals surface area contributed by atoms with E-state index in [-0.39, 0.29) is 11.4 Å². The van der Waals surface area contributed by atoms with Gasteiger partial charge in [0.2, 0.25) is 0 Å². The van der Waals surface area contributed by atoms with Gasteiger partial charge in [0.1, 0.15) is 0 Å². The molecule has 0 radical (unpaired) electrons. The van der Waals surface area contributed by atoms with Gasteiger partial charge in [-0.2, -0.15) is 10.2 Å². The fourth-order valence-electron chi connectivity index (χ4n) is 2.25. The molecule has 0 aliphatic carbocycles. The summed E-state index contributed by atoms with van der Waals surface area (Å²) in [7, 11) is 0. The summed E-state index contributed by atoms with van der Waals surface area (Å²) in [6.07, 6.45) is 3.20. The van der Waals surface area contributed by atoms with Crippen molar-refractivity contribution < 1.29 is 9.72 Å². The summed E-state index contributed by atoms with van der Waals surface area (Å²) in [6.45, 7) is 0.396. The van der Waals surface area contributed by atoms with Gasteiger partial charge in [0, 0.05) is 22.8 Å². The molecule has 0 spiro atoms. The minimum absolute atomic E-state index is 0.0305. The molecule has 136 valence electrons. The Morgan fingerprint density at radius 3 is 2.56 bits per heavy atom. The maximum absolute atomic E-state index is 12.1. The third-order valence-corrected chi connectivity index (χ3v) is 4.14. The SMILES string of the molecule is O=C(N/N=C/c1ccc(Br)cc1)c1ccn(Cc2ccc([N+](=O)[O-])cc2)n1. The third kappa shape index (κ3) is 5.08. The lowest BCUT2D eigenvalue weighted by Gasteiger charge is -2.01. The number of nitrogens with one attached hydrogen (secondary N) is 1. The Hall–Kier alpha value is -3.33. The second-order valence-corrected chi connectivity index (χ2v) is 6.49. The smallest absolute Gasteiger partial charge is 0.268 e. The number of hydrogen-bond acceptors (Lipinski definition) is 5. The number of nitrogens with zero attached hydrogens (tertiary/aromatic N) is 4. The first kappa shape index (κ1) is 18.5.